The topological polar surface area (TPSA) is 19.4 Å². The molecule has 0 radical (unpaired) electrons. The second-order valence-electron chi connectivity index (χ2n) is 15.4. The van der Waals surface area contributed by atoms with Crippen LogP contribution in [0.2, 0.25) is 0 Å². The van der Waals surface area contributed by atoms with Crippen molar-refractivity contribution in [3.63, 3.8) is 0 Å². The van der Waals surface area contributed by atoms with Crippen LogP contribution in [0.3, 0.4) is 0 Å². The van der Waals surface area contributed by atoms with Gasteiger partial charge in [-0.2, -0.15) is 0 Å². The molecule has 6 aromatic carbocycles. The van der Waals surface area contributed by atoms with Gasteiger partial charge in [0.25, 0.3) is 0 Å². The van der Waals surface area contributed by atoms with Gasteiger partial charge in [0.2, 0.25) is 0 Å². The Morgan fingerprint density at radius 3 is 0.750 bits per heavy atom. The van der Waals surface area contributed by atoms with E-state index in [9.17, 15) is 0 Å². The number of hydrogen-bond acceptors (Lipinski definition) is 6. The monoisotopic (exact) mass is 740 g/mol. The molecule has 0 aliphatic carbocycles. The molecule has 2 fully saturated rings. The molecule has 0 spiro atoms. The van der Waals surface area contributed by atoms with Crippen LogP contribution < -0.4 is 0 Å². The number of nitrogens with zero attached hydrogens (tertiary/aromatic N) is 6. The quantitative estimate of drug-likeness (QED) is 0.0927. The Morgan fingerprint density at radius 1 is 0.304 bits per heavy atom. The third-order valence-corrected chi connectivity index (χ3v) is 11.4. The zero-order valence-corrected chi connectivity index (χ0v) is 32.6. The van der Waals surface area contributed by atoms with Gasteiger partial charge in [0.15, 0.2) is 0 Å². The highest BCUT2D eigenvalue weighted by Crippen LogP contribution is 2.28. The summed E-state index contributed by atoms with van der Waals surface area (Å²) in [7, 11) is 0. The average Bonchev–Trinajstić information content (AvgIpc) is 3.83. The lowest BCUT2D eigenvalue weighted by Gasteiger charge is -2.43. The van der Waals surface area contributed by atoms with E-state index in [1.165, 1.54) is 33.4 Å². The molecule has 6 nitrogen and oxygen atoms in total. The van der Waals surface area contributed by atoms with Gasteiger partial charge in [-0.15, -0.1) is 0 Å². The van der Waals surface area contributed by atoms with Crippen molar-refractivity contribution in [3.05, 3.63) is 215 Å². The molecule has 0 bridgehead atoms. The summed E-state index contributed by atoms with van der Waals surface area (Å²) < 4.78 is 0. The average molecular weight is 741 g/mol. The lowest BCUT2D eigenvalue weighted by Crippen LogP contribution is -2.56. The van der Waals surface area contributed by atoms with E-state index in [1.54, 1.807) is 0 Å². The minimum absolute atomic E-state index is 0.151. The second kappa shape index (κ2) is 19.3. The van der Waals surface area contributed by atoms with Gasteiger partial charge in [-0.25, -0.2) is 0 Å². The smallest absolute Gasteiger partial charge is 0.120 e. The molecule has 0 aromatic heterocycles. The fourth-order valence-corrected chi connectivity index (χ4v) is 8.72. The zero-order chi connectivity index (χ0) is 37.8. The van der Waals surface area contributed by atoms with E-state index < -0.39 is 0 Å². The Bertz CT molecular complexity index is 1750. The Kier molecular flexibility index (Phi) is 13.1. The van der Waals surface area contributed by atoms with Gasteiger partial charge in [-0.3, -0.25) is 29.4 Å². The van der Waals surface area contributed by atoms with Gasteiger partial charge in [-0.05, 0) is 33.4 Å². The molecule has 0 atom stereocenters. The molecular formula is C50H56N6. The van der Waals surface area contributed by atoms with Crippen molar-refractivity contribution in [2.75, 3.05) is 39.3 Å². The zero-order valence-electron chi connectivity index (χ0n) is 32.6. The first-order valence-corrected chi connectivity index (χ1v) is 20.4. The molecule has 2 aliphatic heterocycles. The van der Waals surface area contributed by atoms with Crippen molar-refractivity contribution in [1.29, 1.82) is 0 Å². The minimum atomic E-state index is 0.151. The lowest BCUT2D eigenvalue weighted by molar-refractivity contribution is -0.0596. The first-order valence-electron chi connectivity index (χ1n) is 20.4. The third kappa shape index (κ3) is 10.1. The minimum Gasteiger partial charge on any atom is -0.270 e. The summed E-state index contributed by atoms with van der Waals surface area (Å²) in [6, 6.07) is 66.4. The van der Waals surface area contributed by atoms with Crippen LogP contribution in [0.15, 0.2) is 182 Å². The van der Waals surface area contributed by atoms with Crippen molar-refractivity contribution in [2.45, 2.75) is 51.8 Å². The summed E-state index contributed by atoms with van der Waals surface area (Å²) in [6.07, 6.45) is 0.303. The maximum absolute atomic E-state index is 2.77. The van der Waals surface area contributed by atoms with E-state index in [4.69, 9.17) is 0 Å². The van der Waals surface area contributed by atoms with Crippen molar-refractivity contribution >= 4 is 0 Å². The first-order chi connectivity index (χ1) is 27.7. The van der Waals surface area contributed by atoms with Crippen LogP contribution in [-0.4, -0.2) is 81.2 Å². The summed E-state index contributed by atoms with van der Waals surface area (Å²) in [4.78, 5) is 16.4. The SMILES string of the molecule is c1ccc(CN2CCN(Cc3ccccc3)C2N(CCN(Cc2ccccc2)C2N(Cc3ccccc3)CCN2Cc2ccccc2)Cc2ccccc2)cc1. The highest BCUT2D eigenvalue weighted by atomic mass is 15.6. The highest BCUT2D eigenvalue weighted by molar-refractivity contribution is 5.20. The highest BCUT2D eigenvalue weighted by Gasteiger charge is 2.39. The van der Waals surface area contributed by atoms with Crippen LogP contribution in [0.4, 0.5) is 0 Å². The van der Waals surface area contributed by atoms with Crippen LogP contribution in [-0.2, 0) is 39.3 Å². The Morgan fingerprint density at radius 2 is 0.518 bits per heavy atom. The van der Waals surface area contributed by atoms with Gasteiger partial charge in [0.05, 0.1) is 0 Å². The predicted molar refractivity (Wildman–Crippen MR) is 229 cm³/mol. The molecule has 286 valence electrons. The first kappa shape index (κ1) is 38.0. The van der Waals surface area contributed by atoms with E-state index in [0.717, 1.165) is 78.5 Å². The van der Waals surface area contributed by atoms with Gasteiger partial charge < -0.3 is 0 Å². The molecule has 6 heteroatoms. The van der Waals surface area contributed by atoms with Gasteiger partial charge in [-0.1, -0.05) is 182 Å². The maximum atomic E-state index is 2.77. The van der Waals surface area contributed by atoms with Gasteiger partial charge in [0.1, 0.15) is 12.6 Å². The predicted octanol–water partition coefficient (Wildman–Crippen LogP) is 8.59. The van der Waals surface area contributed by atoms with Crippen molar-refractivity contribution < 1.29 is 0 Å². The van der Waals surface area contributed by atoms with Crippen LogP contribution in [0, 0.1) is 0 Å². The molecule has 6 aromatic rings. The summed E-state index contributed by atoms with van der Waals surface area (Å²) in [5.74, 6) is 0. The summed E-state index contributed by atoms with van der Waals surface area (Å²) >= 11 is 0. The molecule has 56 heavy (non-hydrogen) atoms. The second-order valence-corrected chi connectivity index (χ2v) is 15.4. The molecule has 0 saturated carbocycles. The van der Waals surface area contributed by atoms with Crippen molar-refractivity contribution in [1.82, 2.24) is 29.4 Å². The largest absolute Gasteiger partial charge is 0.270 e. The summed E-state index contributed by atoms with van der Waals surface area (Å²) in [6.45, 7) is 11.4. The molecule has 2 aliphatic rings. The fourth-order valence-electron chi connectivity index (χ4n) is 8.72. The molecule has 0 amide bonds. The Labute approximate surface area is 334 Å². The Hall–Kier alpha value is -4.92. The van der Waals surface area contributed by atoms with Crippen molar-refractivity contribution in [2.24, 2.45) is 0 Å². The van der Waals surface area contributed by atoms with Gasteiger partial charge >= 0.3 is 0 Å². The van der Waals surface area contributed by atoms with E-state index in [2.05, 4.69) is 211 Å². The van der Waals surface area contributed by atoms with E-state index in [-0.39, 0.29) is 12.6 Å². The fraction of sp³-hybridized carbons (Fsp3) is 0.280. The molecule has 0 N–H and O–H groups in total. The summed E-state index contributed by atoms with van der Waals surface area (Å²) in [5.41, 5.74) is 8.16. The Balaban J connectivity index is 1.14. The standard InChI is InChI=1S/C50H56N6/c1-7-19-43(20-8-1)37-51-31-32-52(38-44-21-9-2-10-22-44)49(51)55(41-47-27-15-5-16-28-47)35-36-56(42-48-29-17-6-18-30-48)50-53(39-45-23-11-3-12-24-45)33-34-54(50)40-46-25-13-4-14-26-46/h1-30,49-50H,31-42H2. The molecule has 2 saturated heterocycles. The molecular weight excluding hydrogens is 685 g/mol. The van der Waals surface area contributed by atoms with Crippen molar-refractivity contribution in [3.8, 4) is 0 Å². The van der Waals surface area contributed by atoms with Crippen LogP contribution >= 0.6 is 0 Å². The number of hydrogen-bond donors (Lipinski definition) is 0. The third-order valence-electron chi connectivity index (χ3n) is 11.4. The summed E-state index contributed by atoms with van der Waals surface area (Å²) in [5, 5.41) is 0. The molecule has 0 unspecified atom stereocenters. The number of rotatable bonds is 17. The van der Waals surface area contributed by atoms with Gasteiger partial charge in [0, 0.05) is 78.5 Å². The van der Waals surface area contributed by atoms with E-state index in [0.29, 0.717) is 0 Å². The van der Waals surface area contributed by atoms with Crippen LogP contribution in [0.25, 0.3) is 0 Å². The van der Waals surface area contributed by atoms with Crippen LogP contribution in [0.1, 0.15) is 33.4 Å². The lowest BCUT2D eigenvalue weighted by atomic mass is 10.1. The van der Waals surface area contributed by atoms with E-state index >= 15 is 0 Å². The number of benzene rings is 6. The molecule has 2 heterocycles. The van der Waals surface area contributed by atoms with Crippen LogP contribution in [0.5, 0.6) is 0 Å². The molecule has 8 rings (SSSR count). The normalized spacial score (nSPS) is 16.4. The maximum Gasteiger partial charge on any atom is 0.120 e. The van der Waals surface area contributed by atoms with E-state index in [1.807, 2.05) is 0 Å².